The SMILES string of the molecule is O=C(NCCC(O)c1ccoc1)c1cccc(C(F)(F)F)c1. The van der Waals surface area contributed by atoms with Crippen molar-refractivity contribution in [1.29, 1.82) is 0 Å². The second kappa shape index (κ2) is 6.65. The van der Waals surface area contributed by atoms with Gasteiger partial charge in [0.1, 0.15) is 0 Å². The van der Waals surface area contributed by atoms with Gasteiger partial charge in [0.05, 0.1) is 24.2 Å². The fourth-order valence-electron chi connectivity index (χ4n) is 1.89. The van der Waals surface area contributed by atoms with E-state index in [1.165, 1.54) is 24.7 Å². The van der Waals surface area contributed by atoms with Crippen LogP contribution in [0.3, 0.4) is 0 Å². The number of nitrogens with one attached hydrogen (secondary N) is 1. The molecular weight excluding hydrogens is 299 g/mol. The van der Waals surface area contributed by atoms with Crippen molar-refractivity contribution in [3.8, 4) is 0 Å². The van der Waals surface area contributed by atoms with Gasteiger partial charge in [-0.05, 0) is 30.7 Å². The molecule has 1 amide bonds. The molecule has 1 aromatic carbocycles. The molecule has 0 radical (unpaired) electrons. The van der Waals surface area contributed by atoms with Gasteiger partial charge in [-0.3, -0.25) is 4.79 Å². The predicted octanol–water partition coefficient (Wildman–Crippen LogP) is 3.15. The van der Waals surface area contributed by atoms with Gasteiger partial charge in [0.2, 0.25) is 0 Å². The Labute approximate surface area is 124 Å². The molecule has 0 aliphatic heterocycles. The molecule has 0 spiro atoms. The Morgan fingerprint density at radius 2 is 2.09 bits per heavy atom. The van der Waals surface area contributed by atoms with E-state index in [1.807, 2.05) is 0 Å². The zero-order valence-electron chi connectivity index (χ0n) is 11.4. The average molecular weight is 313 g/mol. The fourth-order valence-corrected chi connectivity index (χ4v) is 1.89. The Kier molecular flexibility index (Phi) is 4.87. The van der Waals surface area contributed by atoms with Crippen LogP contribution in [-0.2, 0) is 6.18 Å². The highest BCUT2D eigenvalue weighted by Gasteiger charge is 2.30. The molecule has 0 bridgehead atoms. The number of hydrogen-bond donors (Lipinski definition) is 2. The number of halogens is 3. The third-order valence-electron chi connectivity index (χ3n) is 3.08. The number of amides is 1. The molecule has 22 heavy (non-hydrogen) atoms. The maximum absolute atomic E-state index is 12.6. The van der Waals surface area contributed by atoms with E-state index in [0.29, 0.717) is 5.56 Å². The number of rotatable bonds is 5. The number of benzene rings is 1. The minimum Gasteiger partial charge on any atom is -0.472 e. The van der Waals surface area contributed by atoms with Gasteiger partial charge in [0.25, 0.3) is 5.91 Å². The van der Waals surface area contributed by atoms with Crippen molar-refractivity contribution in [2.45, 2.75) is 18.7 Å². The molecule has 118 valence electrons. The second-order valence-corrected chi connectivity index (χ2v) is 4.70. The molecular formula is C15H14F3NO3. The largest absolute Gasteiger partial charge is 0.472 e. The Bertz CT molecular complexity index is 623. The summed E-state index contributed by atoms with van der Waals surface area (Å²) in [6.45, 7) is 0.126. The molecule has 0 saturated heterocycles. The molecule has 1 aromatic heterocycles. The minimum absolute atomic E-state index is 0.0763. The Hall–Kier alpha value is -2.28. The lowest BCUT2D eigenvalue weighted by atomic mass is 10.1. The van der Waals surface area contributed by atoms with Crippen LogP contribution < -0.4 is 5.32 Å². The topological polar surface area (TPSA) is 62.5 Å². The number of carbonyl (C=O) groups is 1. The Balaban J connectivity index is 1.90. The lowest BCUT2D eigenvalue weighted by Crippen LogP contribution is -2.26. The van der Waals surface area contributed by atoms with Gasteiger partial charge in [-0.25, -0.2) is 0 Å². The van der Waals surface area contributed by atoms with Crippen LogP contribution in [0.2, 0.25) is 0 Å². The van der Waals surface area contributed by atoms with Crippen LogP contribution in [0.25, 0.3) is 0 Å². The first kappa shape index (κ1) is 16.1. The van der Waals surface area contributed by atoms with Crippen molar-refractivity contribution >= 4 is 5.91 Å². The first-order chi connectivity index (χ1) is 10.4. The van der Waals surface area contributed by atoms with Gasteiger partial charge in [0.15, 0.2) is 0 Å². The van der Waals surface area contributed by atoms with Gasteiger partial charge >= 0.3 is 6.18 Å². The number of aliphatic hydroxyl groups excluding tert-OH is 1. The van der Waals surface area contributed by atoms with Crippen molar-refractivity contribution < 1.29 is 27.5 Å². The molecule has 2 N–H and O–H groups in total. The molecule has 1 unspecified atom stereocenters. The summed E-state index contributed by atoms with van der Waals surface area (Å²) in [4.78, 5) is 11.8. The summed E-state index contributed by atoms with van der Waals surface area (Å²) in [5, 5.41) is 12.3. The summed E-state index contributed by atoms with van der Waals surface area (Å²) in [7, 11) is 0. The highest BCUT2D eigenvalue weighted by Crippen LogP contribution is 2.29. The first-order valence-corrected chi connectivity index (χ1v) is 6.53. The van der Waals surface area contributed by atoms with Gasteiger partial charge in [0, 0.05) is 17.7 Å². The predicted molar refractivity (Wildman–Crippen MR) is 72.1 cm³/mol. The van der Waals surface area contributed by atoms with E-state index in [1.54, 1.807) is 6.07 Å². The number of alkyl halides is 3. The third-order valence-corrected chi connectivity index (χ3v) is 3.08. The average Bonchev–Trinajstić information content (AvgIpc) is 3.00. The van der Waals surface area contributed by atoms with E-state index in [4.69, 9.17) is 4.42 Å². The summed E-state index contributed by atoms with van der Waals surface area (Å²) in [5.74, 6) is -0.620. The lowest BCUT2D eigenvalue weighted by Gasteiger charge is -2.11. The van der Waals surface area contributed by atoms with Gasteiger partial charge < -0.3 is 14.8 Å². The molecule has 2 aromatic rings. The van der Waals surface area contributed by atoms with E-state index >= 15 is 0 Å². The number of aliphatic hydroxyl groups is 1. The normalized spacial score (nSPS) is 12.9. The van der Waals surface area contributed by atoms with E-state index in [2.05, 4.69) is 5.32 Å². The van der Waals surface area contributed by atoms with Crippen molar-refractivity contribution in [2.24, 2.45) is 0 Å². The van der Waals surface area contributed by atoms with E-state index in [-0.39, 0.29) is 18.5 Å². The van der Waals surface area contributed by atoms with Crippen molar-refractivity contribution in [3.05, 3.63) is 59.5 Å². The van der Waals surface area contributed by atoms with Crippen LogP contribution in [0.1, 0.15) is 34.0 Å². The highest BCUT2D eigenvalue weighted by atomic mass is 19.4. The first-order valence-electron chi connectivity index (χ1n) is 6.53. The van der Waals surface area contributed by atoms with Crippen LogP contribution in [-0.4, -0.2) is 17.6 Å². The van der Waals surface area contributed by atoms with E-state index < -0.39 is 23.8 Å². The van der Waals surface area contributed by atoms with Gasteiger partial charge in [-0.2, -0.15) is 13.2 Å². The zero-order valence-corrected chi connectivity index (χ0v) is 11.4. The summed E-state index contributed by atoms with van der Waals surface area (Å²) >= 11 is 0. The van der Waals surface area contributed by atoms with Crippen molar-refractivity contribution in [2.75, 3.05) is 6.54 Å². The third kappa shape index (κ3) is 4.11. The Morgan fingerprint density at radius 3 is 2.73 bits per heavy atom. The molecule has 1 atom stereocenters. The molecule has 0 aliphatic rings. The van der Waals surface area contributed by atoms with E-state index in [9.17, 15) is 23.1 Å². The molecule has 4 nitrogen and oxygen atoms in total. The van der Waals surface area contributed by atoms with Crippen LogP contribution in [0, 0.1) is 0 Å². The smallest absolute Gasteiger partial charge is 0.416 e. The van der Waals surface area contributed by atoms with Crippen LogP contribution in [0.5, 0.6) is 0 Å². The summed E-state index contributed by atoms with van der Waals surface area (Å²) in [6, 6.07) is 5.77. The number of furan rings is 1. The standard InChI is InChI=1S/C15H14F3NO3/c16-15(17,18)12-3-1-2-10(8-12)14(21)19-6-4-13(20)11-5-7-22-9-11/h1-3,5,7-9,13,20H,4,6H2,(H,19,21). The summed E-state index contributed by atoms with van der Waals surface area (Å²) in [5.41, 5.74) is -0.375. The fraction of sp³-hybridized carbons (Fsp3) is 0.267. The molecule has 0 aliphatic carbocycles. The highest BCUT2D eigenvalue weighted by molar-refractivity contribution is 5.94. The molecule has 2 rings (SSSR count). The molecule has 1 heterocycles. The Morgan fingerprint density at radius 1 is 1.32 bits per heavy atom. The minimum atomic E-state index is -4.49. The molecule has 0 saturated carbocycles. The molecule has 0 fully saturated rings. The maximum atomic E-state index is 12.6. The second-order valence-electron chi connectivity index (χ2n) is 4.70. The van der Waals surface area contributed by atoms with E-state index in [0.717, 1.165) is 12.1 Å². The molecule has 7 heteroatoms. The maximum Gasteiger partial charge on any atom is 0.416 e. The number of carbonyl (C=O) groups excluding carboxylic acids is 1. The number of hydrogen-bond acceptors (Lipinski definition) is 3. The summed E-state index contributed by atoms with van der Waals surface area (Å²) < 4.78 is 42.5. The van der Waals surface area contributed by atoms with Crippen LogP contribution in [0.4, 0.5) is 13.2 Å². The van der Waals surface area contributed by atoms with Gasteiger partial charge in [-0.15, -0.1) is 0 Å². The quantitative estimate of drug-likeness (QED) is 0.891. The van der Waals surface area contributed by atoms with Crippen LogP contribution in [0.15, 0.2) is 47.3 Å². The lowest BCUT2D eigenvalue weighted by molar-refractivity contribution is -0.137. The van der Waals surface area contributed by atoms with Crippen LogP contribution >= 0.6 is 0 Å². The van der Waals surface area contributed by atoms with Crippen molar-refractivity contribution in [1.82, 2.24) is 5.32 Å². The van der Waals surface area contributed by atoms with Crippen molar-refractivity contribution in [3.63, 3.8) is 0 Å². The monoisotopic (exact) mass is 313 g/mol. The zero-order chi connectivity index (χ0) is 16.2. The summed E-state index contributed by atoms with van der Waals surface area (Å²) in [6.07, 6.45) is -2.27. The van der Waals surface area contributed by atoms with Gasteiger partial charge in [-0.1, -0.05) is 6.07 Å².